The summed E-state index contributed by atoms with van der Waals surface area (Å²) in [6.07, 6.45) is 3.80. The van der Waals surface area contributed by atoms with Gasteiger partial charge in [-0.2, -0.15) is 4.52 Å². The Balaban J connectivity index is 1.73. The molecule has 0 amide bonds. The van der Waals surface area contributed by atoms with Gasteiger partial charge >= 0.3 is 0 Å². The molecule has 2 heterocycles. The van der Waals surface area contributed by atoms with Crippen LogP contribution in [-0.4, -0.2) is 14.6 Å². The van der Waals surface area contributed by atoms with E-state index in [-0.39, 0.29) is 11.6 Å². The van der Waals surface area contributed by atoms with Crippen LogP contribution in [-0.2, 0) is 6.42 Å². The lowest BCUT2D eigenvalue weighted by Gasteiger charge is -2.31. The first-order chi connectivity index (χ1) is 10.7. The van der Waals surface area contributed by atoms with Gasteiger partial charge in [0.1, 0.15) is 0 Å². The van der Waals surface area contributed by atoms with Crippen LogP contribution in [0.5, 0.6) is 0 Å². The van der Waals surface area contributed by atoms with Crippen molar-refractivity contribution < 1.29 is 0 Å². The summed E-state index contributed by atoms with van der Waals surface area (Å²) in [7, 11) is 0. The maximum Gasteiger partial charge on any atom is 0.275 e. The molecule has 2 unspecified atom stereocenters. The number of aromatic nitrogens is 3. The first-order valence-electron chi connectivity index (χ1n) is 7.41. The number of nitrogens with zero attached hydrogens (tertiary/aromatic N) is 3. The third-order valence-corrected chi connectivity index (χ3v) is 5.13. The van der Waals surface area contributed by atoms with Gasteiger partial charge in [0.25, 0.3) is 5.56 Å². The molecule has 22 heavy (non-hydrogen) atoms. The molecule has 6 heteroatoms. The fourth-order valence-corrected chi connectivity index (χ4v) is 3.89. The van der Waals surface area contributed by atoms with Crippen molar-refractivity contribution >= 4 is 21.4 Å². The summed E-state index contributed by atoms with van der Waals surface area (Å²) >= 11 is 1.41. The standard InChI is InChI=1S/C16H16N4OS/c1-10-6-7-11-4-2-3-5-12(11)14(10)18-15-19-20-13(21)8-9-17-16(20)22-15/h2-5,8-10,14H,6-7H2,1H3,(H,18,19). The van der Waals surface area contributed by atoms with E-state index < -0.39 is 0 Å². The van der Waals surface area contributed by atoms with E-state index in [9.17, 15) is 4.79 Å². The largest absolute Gasteiger partial charge is 0.353 e. The van der Waals surface area contributed by atoms with Crippen molar-refractivity contribution in [3.8, 4) is 0 Å². The summed E-state index contributed by atoms with van der Waals surface area (Å²) in [5.41, 5.74) is 2.58. The zero-order chi connectivity index (χ0) is 15.1. The molecule has 3 aromatic rings. The zero-order valence-corrected chi connectivity index (χ0v) is 13.0. The van der Waals surface area contributed by atoms with Crippen LogP contribution in [0.25, 0.3) is 4.96 Å². The van der Waals surface area contributed by atoms with Gasteiger partial charge in [0, 0.05) is 12.3 Å². The Kier molecular flexibility index (Phi) is 3.18. The summed E-state index contributed by atoms with van der Waals surface area (Å²) in [5.74, 6) is 0.520. The van der Waals surface area contributed by atoms with Gasteiger partial charge in [-0.1, -0.05) is 42.5 Å². The maximum absolute atomic E-state index is 11.8. The topological polar surface area (TPSA) is 59.3 Å². The Bertz CT molecular complexity index is 885. The minimum Gasteiger partial charge on any atom is -0.353 e. The van der Waals surface area contributed by atoms with Crippen LogP contribution in [0.2, 0.25) is 0 Å². The van der Waals surface area contributed by atoms with Gasteiger partial charge in [-0.25, -0.2) is 4.98 Å². The number of rotatable bonds is 2. The summed E-state index contributed by atoms with van der Waals surface area (Å²) in [5, 5.41) is 8.61. The first-order valence-corrected chi connectivity index (χ1v) is 8.23. The molecule has 0 fully saturated rings. The van der Waals surface area contributed by atoms with Gasteiger partial charge in [0.05, 0.1) is 6.04 Å². The van der Waals surface area contributed by atoms with Crippen LogP contribution < -0.4 is 10.9 Å². The fraction of sp³-hybridized carbons (Fsp3) is 0.312. The third-order valence-electron chi connectivity index (χ3n) is 4.28. The number of anilines is 1. The van der Waals surface area contributed by atoms with E-state index in [1.807, 2.05) is 0 Å². The number of aryl methyl sites for hydroxylation is 1. The Labute approximate surface area is 131 Å². The second-order valence-electron chi connectivity index (χ2n) is 5.72. The zero-order valence-electron chi connectivity index (χ0n) is 12.2. The van der Waals surface area contributed by atoms with Gasteiger partial charge < -0.3 is 5.32 Å². The van der Waals surface area contributed by atoms with Crippen molar-refractivity contribution in [2.45, 2.75) is 25.8 Å². The van der Waals surface area contributed by atoms with Crippen molar-refractivity contribution in [2.24, 2.45) is 5.92 Å². The molecule has 4 rings (SSSR count). The van der Waals surface area contributed by atoms with Crippen LogP contribution in [0.15, 0.2) is 41.3 Å². The van der Waals surface area contributed by atoms with E-state index in [4.69, 9.17) is 0 Å². The average Bonchev–Trinajstić information content (AvgIpc) is 2.94. The van der Waals surface area contributed by atoms with E-state index in [0.29, 0.717) is 10.9 Å². The molecular weight excluding hydrogens is 296 g/mol. The van der Waals surface area contributed by atoms with E-state index in [2.05, 4.69) is 46.6 Å². The molecule has 1 aliphatic rings. The molecule has 1 aromatic carbocycles. The lowest BCUT2D eigenvalue weighted by atomic mass is 9.81. The molecule has 0 saturated heterocycles. The molecule has 0 aliphatic heterocycles. The Hall–Kier alpha value is -2.21. The Morgan fingerprint density at radius 1 is 1.32 bits per heavy atom. The first kappa shape index (κ1) is 13.5. The summed E-state index contributed by atoms with van der Waals surface area (Å²) < 4.78 is 1.35. The average molecular weight is 312 g/mol. The minimum atomic E-state index is -0.147. The van der Waals surface area contributed by atoms with Crippen molar-refractivity contribution in [2.75, 3.05) is 5.32 Å². The van der Waals surface area contributed by atoms with E-state index in [1.54, 1.807) is 0 Å². The highest BCUT2D eigenvalue weighted by Crippen LogP contribution is 2.37. The Morgan fingerprint density at radius 2 is 2.18 bits per heavy atom. The third kappa shape index (κ3) is 2.20. The van der Waals surface area contributed by atoms with Crippen LogP contribution in [0.4, 0.5) is 5.13 Å². The van der Waals surface area contributed by atoms with Crippen molar-refractivity contribution in [3.05, 3.63) is 58.0 Å². The highest BCUT2D eigenvalue weighted by molar-refractivity contribution is 7.20. The van der Waals surface area contributed by atoms with Crippen molar-refractivity contribution in [1.29, 1.82) is 0 Å². The highest BCUT2D eigenvalue weighted by Gasteiger charge is 2.27. The molecule has 1 N–H and O–H groups in total. The molecule has 2 aromatic heterocycles. The summed E-state index contributed by atoms with van der Waals surface area (Å²) in [6.45, 7) is 2.26. The molecule has 1 aliphatic carbocycles. The number of hydrogen-bond donors (Lipinski definition) is 1. The second-order valence-corrected chi connectivity index (χ2v) is 6.68. The fourth-order valence-electron chi connectivity index (χ4n) is 3.08. The summed E-state index contributed by atoms with van der Waals surface area (Å²) in [4.78, 5) is 16.6. The molecule has 0 bridgehead atoms. The van der Waals surface area contributed by atoms with E-state index in [0.717, 1.165) is 18.0 Å². The molecule has 0 radical (unpaired) electrons. The number of nitrogens with one attached hydrogen (secondary N) is 1. The second kappa shape index (κ2) is 5.21. The number of benzene rings is 1. The molecule has 0 saturated carbocycles. The van der Waals surface area contributed by atoms with Crippen LogP contribution in [0, 0.1) is 5.92 Å². The smallest absolute Gasteiger partial charge is 0.275 e. The van der Waals surface area contributed by atoms with Crippen molar-refractivity contribution in [1.82, 2.24) is 14.6 Å². The Morgan fingerprint density at radius 3 is 3.05 bits per heavy atom. The number of fused-ring (bicyclic) bond motifs is 2. The van der Waals surface area contributed by atoms with Crippen LogP contribution in [0.3, 0.4) is 0 Å². The maximum atomic E-state index is 11.8. The highest BCUT2D eigenvalue weighted by atomic mass is 32.1. The SMILES string of the molecule is CC1CCc2ccccc2C1Nc1nn2c(=O)ccnc2s1. The minimum absolute atomic E-state index is 0.147. The van der Waals surface area contributed by atoms with Gasteiger partial charge in [-0.3, -0.25) is 4.79 Å². The molecular formula is C16H16N4OS. The summed E-state index contributed by atoms with van der Waals surface area (Å²) in [6, 6.07) is 10.2. The number of hydrogen-bond acceptors (Lipinski definition) is 5. The predicted octanol–water partition coefficient (Wildman–Crippen LogP) is 2.89. The van der Waals surface area contributed by atoms with E-state index >= 15 is 0 Å². The molecule has 112 valence electrons. The van der Waals surface area contributed by atoms with E-state index in [1.165, 1.54) is 39.2 Å². The predicted molar refractivity (Wildman–Crippen MR) is 87.4 cm³/mol. The normalized spacial score (nSPS) is 20.8. The molecule has 2 atom stereocenters. The van der Waals surface area contributed by atoms with Crippen LogP contribution in [0.1, 0.15) is 30.5 Å². The van der Waals surface area contributed by atoms with Gasteiger partial charge in [-0.15, -0.1) is 5.10 Å². The lowest BCUT2D eigenvalue weighted by molar-refractivity contribution is 0.434. The molecule has 5 nitrogen and oxygen atoms in total. The van der Waals surface area contributed by atoms with Gasteiger partial charge in [0.15, 0.2) is 0 Å². The monoisotopic (exact) mass is 312 g/mol. The van der Waals surface area contributed by atoms with Gasteiger partial charge in [0.2, 0.25) is 10.1 Å². The van der Waals surface area contributed by atoms with Crippen LogP contribution >= 0.6 is 11.3 Å². The lowest BCUT2D eigenvalue weighted by Crippen LogP contribution is -2.25. The quantitative estimate of drug-likeness (QED) is 0.790. The van der Waals surface area contributed by atoms with Crippen molar-refractivity contribution in [3.63, 3.8) is 0 Å². The van der Waals surface area contributed by atoms with Gasteiger partial charge in [-0.05, 0) is 29.9 Å². The molecule has 0 spiro atoms.